The lowest BCUT2D eigenvalue weighted by atomic mass is 10.0. The van der Waals surface area contributed by atoms with Gasteiger partial charge >= 0.3 is 0 Å². The van der Waals surface area contributed by atoms with Crippen LogP contribution in [0.4, 0.5) is 5.69 Å². The molecule has 0 saturated heterocycles. The number of halogens is 1. The first-order valence-electron chi connectivity index (χ1n) is 5.73. The van der Waals surface area contributed by atoms with Gasteiger partial charge in [0.25, 0.3) is 0 Å². The van der Waals surface area contributed by atoms with Gasteiger partial charge in [0.1, 0.15) is 0 Å². The number of nitrogens with one attached hydrogen (secondary N) is 1. The van der Waals surface area contributed by atoms with Gasteiger partial charge in [-0.15, -0.1) is 11.3 Å². The zero-order chi connectivity index (χ0) is 12.3. The molecule has 3 heteroatoms. The minimum atomic E-state index is 0.394. The fraction of sp³-hybridized carbons (Fsp3) is 0.286. The molecule has 0 spiro atoms. The molecule has 1 aromatic heterocycles. The Labute approximate surface area is 120 Å². The Balaban J connectivity index is 2.23. The van der Waals surface area contributed by atoms with Crippen LogP contribution in [0.25, 0.3) is 0 Å². The summed E-state index contributed by atoms with van der Waals surface area (Å²) in [6.07, 6.45) is 0. The lowest BCUT2D eigenvalue weighted by Crippen LogP contribution is -2.16. The highest BCUT2D eigenvalue weighted by Crippen LogP contribution is 2.31. The van der Waals surface area contributed by atoms with Crippen molar-refractivity contribution in [2.24, 2.45) is 5.92 Å². The lowest BCUT2D eigenvalue weighted by molar-refractivity contribution is 0.553. The molecule has 1 nitrogen and oxygen atoms in total. The van der Waals surface area contributed by atoms with Gasteiger partial charge in [0, 0.05) is 14.1 Å². The predicted octanol–water partition coefficient (Wildman–Crippen LogP) is 5.16. The fourth-order valence-electron chi connectivity index (χ4n) is 1.78. The first-order chi connectivity index (χ1) is 8.18. The van der Waals surface area contributed by atoms with Crippen LogP contribution < -0.4 is 5.32 Å². The second-order valence-electron chi connectivity index (χ2n) is 4.36. The molecular formula is C14H16INS. The van der Waals surface area contributed by atoms with E-state index in [-0.39, 0.29) is 0 Å². The molecule has 1 unspecified atom stereocenters. The quantitative estimate of drug-likeness (QED) is 0.745. The highest BCUT2D eigenvalue weighted by Gasteiger charge is 2.17. The van der Waals surface area contributed by atoms with Gasteiger partial charge in [0.2, 0.25) is 0 Å². The van der Waals surface area contributed by atoms with E-state index in [1.807, 2.05) is 11.3 Å². The van der Waals surface area contributed by atoms with E-state index in [0.29, 0.717) is 12.0 Å². The SMILES string of the molecule is CC(C)C(Nc1ccccc1I)c1cccs1. The van der Waals surface area contributed by atoms with Gasteiger partial charge in [0.05, 0.1) is 6.04 Å². The van der Waals surface area contributed by atoms with Gasteiger partial charge in [-0.2, -0.15) is 0 Å². The van der Waals surface area contributed by atoms with Crippen LogP contribution in [0.2, 0.25) is 0 Å². The van der Waals surface area contributed by atoms with E-state index in [1.165, 1.54) is 14.1 Å². The number of thiophene rings is 1. The van der Waals surface area contributed by atoms with Crippen molar-refractivity contribution in [3.05, 3.63) is 50.2 Å². The Bertz CT molecular complexity index is 465. The Morgan fingerprint density at radius 1 is 1.12 bits per heavy atom. The average molecular weight is 357 g/mol. The molecule has 2 aromatic rings. The van der Waals surface area contributed by atoms with E-state index < -0.39 is 0 Å². The normalized spacial score (nSPS) is 12.7. The molecule has 1 aromatic carbocycles. The van der Waals surface area contributed by atoms with Crippen molar-refractivity contribution in [1.82, 2.24) is 0 Å². The third kappa shape index (κ3) is 3.22. The van der Waals surface area contributed by atoms with Crippen molar-refractivity contribution >= 4 is 39.6 Å². The Morgan fingerprint density at radius 2 is 1.88 bits per heavy atom. The summed E-state index contributed by atoms with van der Waals surface area (Å²) in [4.78, 5) is 1.40. The largest absolute Gasteiger partial charge is 0.376 e. The minimum Gasteiger partial charge on any atom is -0.376 e. The number of rotatable bonds is 4. The zero-order valence-corrected chi connectivity index (χ0v) is 13.0. The van der Waals surface area contributed by atoms with Gasteiger partial charge in [-0.3, -0.25) is 0 Å². The third-order valence-electron chi connectivity index (χ3n) is 2.70. The summed E-state index contributed by atoms with van der Waals surface area (Å²) in [6.45, 7) is 4.51. The van der Waals surface area contributed by atoms with Gasteiger partial charge in [0.15, 0.2) is 0 Å². The first-order valence-corrected chi connectivity index (χ1v) is 7.69. The minimum absolute atomic E-state index is 0.394. The molecule has 17 heavy (non-hydrogen) atoms. The molecule has 0 bridgehead atoms. The van der Waals surface area contributed by atoms with Crippen LogP contribution in [0.1, 0.15) is 24.8 Å². The topological polar surface area (TPSA) is 12.0 Å². The van der Waals surface area contributed by atoms with Crippen molar-refractivity contribution in [2.45, 2.75) is 19.9 Å². The van der Waals surface area contributed by atoms with Crippen molar-refractivity contribution in [3.63, 3.8) is 0 Å². The molecule has 2 rings (SSSR count). The molecule has 0 aliphatic heterocycles. The summed E-state index contributed by atoms with van der Waals surface area (Å²) in [5.41, 5.74) is 1.22. The second-order valence-corrected chi connectivity index (χ2v) is 6.50. The van der Waals surface area contributed by atoms with Crippen LogP contribution >= 0.6 is 33.9 Å². The monoisotopic (exact) mass is 357 g/mol. The average Bonchev–Trinajstić information content (AvgIpc) is 2.81. The maximum atomic E-state index is 3.65. The van der Waals surface area contributed by atoms with E-state index >= 15 is 0 Å². The summed E-state index contributed by atoms with van der Waals surface area (Å²) in [7, 11) is 0. The van der Waals surface area contributed by atoms with Gasteiger partial charge in [-0.05, 0) is 52.1 Å². The van der Waals surface area contributed by atoms with E-state index in [9.17, 15) is 0 Å². The maximum Gasteiger partial charge on any atom is 0.0629 e. The van der Waals surface area contributed by atoms with E-state index in [4.69, 9.17) is 0 Å². The molecule has 0 radical (unpaired) electrons. The van der Waals surface area contributed by atoms with Crippen LogP contribution in [0.5, 0.6) is 0 Å². The summed E-state index contributed by atoms with van der Waals surface area (Å²) in [6, 6.07) is 13.1. The molecule has 0 saturated carbocycles. The highest BCUT2D eigenvalue weighted by atomic mass is 127. The number of para-hydroxylation sites is 1. The number of anilines is 1. The van der Waals surface area contributed by atoms with Crippen LogP contribution in [-0.2, 0) is 0 Å². The van der Waals surface area contributed by atoms with Crippen molar-refractivity contribution in [1.29, 1.82) is 0 Å². The van der Waals surface area contributed by atoms with E-state index in [1.54, 1.807) is 0 Å². The van der Waals surface area contributed by atoms with Gasteiger partial charge in [-0.1, -0.05) is 32.0 Å². The molecular weight excluding hydrogens is 341 g/mol. The Kier molecular flexibility index (Phi) is 4.45. The Hall–Kier alpha value is -0.550. The number of hydrogen-bond acceptors (Lipinski definition) is 2. The van der Waals surface area contributed by atoms with Gasteiger partial charge in [-0.25, -0.2) is 0 Å². The molecule has 0 amide bonds. The molecule has 0 aliphatic rings. The zero-order valence-electron chi connectivity index (χ0n) is 9.98. The number of hydrogen-bond donors (Lipinski definition) is 1. The van der Waals surface area contributed by atoms with Crippen molar-refractivity contribution in [2.75, 3.05) is 5.32 Å². The standard InChI is InChI=1S/C14H16INS/c1-10(2)14(13-8-5-9-17-13)16-12-7-4-3-6-11(12)15/h3-10,14,16H,1-2H3. The van der Waals surface area contributed by atoms with Crippen molar-refractivity contribution < 1.29 is 0 Å². The predicted molar refractivity (Wildman–Crippen MR) is 84.7 cm³/mol. The van der Waals surface area contributed by atoms with Gasteiger partial charge < -0.3 is 5.32 Å². The maximum absolute atomic E-state index is 3.65. The molecule has 1 heterocycles. The summed E-state index contributed by atoms with van der Waals surface area (Å²) in [5, 5.41) is 5.79. The summed E-state index contributed by atoms with van der Waals surface area (Å²) in [5.74, 6) is 0.574. The Morgan fingerprint density at radius 3 is 2.47 bits per heavy atom. The highest BCUT2D eigenvalue weighted by molar-refractivity contribution is 14.1. The molecule has 1 atom stereocenters. The fourth-order valence-corrected chi connectivity index (χ4v) is 3.27. The van der Waals surface area contributed by atoms with Crippen LogP contribution in [-0.4, -0.2) is 0 Å². The molecule has 1 N–H and O–H groups in total. The molecule has 90 valence electrons. The van der Waals surface area contributed by atoms with Crippen molar-refractivity contribution in [3.8, 4) is 0 Å². The molecule has 0 aliphatic carbocycles. The first kappa shape index (κ1) is 12.9. The van der Waals surface area contributed by atoms with Crippen LogP contribution in [0.15, 0.2) is 41.8 Å². The van der Waals surface area contributed by atoms with E-state index in [2.05, 4.69) is 83.5 Å². The van der Waals surface area contributed by atoms with E-state index in [0.717, 1.165) is 0 Å². The smallest absolute Gasteiger partial charge is 0.0629 e. The molecule has 0 fully saturated rings. The van der Waals surface area contributed by atoms with Crippen LogP contribution in [0.3, 0.4) is 0 Å². The third-order valence-corrected chi connectivity index (χ3v) is 4.60. The number of benzene rings is 1. The summed E-state index contributed by atoms with van der Waals surface area (Å²) >= 11 is 4.20. The second kappa shape index (κ2) is 5.87. The lowest BCUT2D eigenvalue weighted by Gasteiger charge is -2.23. The van der Waals surface area contributed by atoms with Crippen LogP contribution in [0, 0.1) is 9.49 Å². The summed E-state index contributed by atoms with van der Waals surface area (Å²) < 4.78 is 1.27.